The molecule has 0 saturated carbocycles. The number of benzene rings is 2. The maximum atomic E-state index is 4.77. The van der Waals surface area contributed by atoms with Gasteiger partial charge in [-0.1, -0.05) is 48.5 Å². The Balaban J connectivity index is 0.00000320. The van der Waals surface area contributed by atoms with E-state index in [0.29, 0.717) is 6.04 Å². The van der Waals surface area contributed by atoms with E-state index in [1.165, 1.54) is 11.3 Å². The van der Waals surface area contributed by atoms with Crippen LogP contribution in [0.1, 0.15) is 31.7 Å². The van der Waals surface area contributed by atoms with Crippen molar-refractivity contribution in [3.8, 4) is 0 Å². The topological polar surface area (TPSA) is 51.7 Å². The van der Waals surface area contributed by atoms with Crippen LogP contribution in [0.25, 0.3) is 0 Å². The lowest BCUT2D eigenvalue weighted by Crippen LogP contribution is -2.48. The van der Waals surface area contributed by atoms with Crippen molar-refractivity contribution < 1.29 is 0 Å². The summed E-state index contributed by atoms with van der Waals surface area (Å²) in [5, 5.41) is 10.5. The van der Waals surface area contributed by atoms with Crippen LogP contribution < -0.4 is 16.0 Å². The van der Waals surface area contributed by atoms with Crippen molar-refractivity contribution in [2.75, 3.05) is 38.0 Å². The monoisotopic (exact) mass is 521 g/mol. The molecular weight excluding hydrogens is 485 g/mol. The maximum absolute atomic E-state index is 4.77. The first-order valence-electron chi connectivity index (χ1n) is 10.9. The summed E-state index contributed by atoms with van der Waals surface area (Å²) in [4.78, 5) is 7.31. The van der Waals surface area contributed by atoms with Gasteiger partial charge >= 0.3 is 0 Å². The molecule has 164 valence electrons. The summed E-state index contributed by atoms with van der Waals surface area (Å²) >= 11 is 0. The molecule has 1 heterocycles. The average molecular weight is 521 g/mol. The van der Waals surface area contributed by atoms with E-state index in [2.05, 4.69) is 82.4 Å². The van der Waals surface area contributed by atoms with Gasteiger partial charge in [-0.25, -0.2) is 0 Å². The Morgan fingerprint density at radius 1 is 1.00 bits per heavy atom. The molecular formula is C24H36IN5. The van der Waals surface area contributed by atoms with Gasteiger partial charge in [0, 0.05) is 51.0 Å². The Morgan fingerprint density at radius 2 is 1.67 bits per heavy atom. The minimum Gasteiger partial charge on any atom is -0.385 e. The number of aliphatic imine (C=N–C) groups is 1. The van der Waals surface area contributed by atoms with Gasteiger partial charge in [-0.2, -0.15) is 0 Å². The SMILES string of the molecule is CCNC(=NCCCNc1ccccc1)NC1CCN(Cc2ccccc2)CC1.I. The number of halogens is 1. The van der Waals surface area contributed by atoms with Gasteiger partial charge in [-0.3, -0.25) is 9.89 Å². The fraction of sp³-hybridized carbons (Fsp3) is 0.458. The lowest BCUT2D eigenvalue weighted by Gasteiger charge is -2.33. The number of hydrogen-bond donors (Lipinski definition) is 3. The number of likely N-dealkylation sites (tertiary alicyclic amines) is 1. The Labute approximate surface area is 198 Å². The Kier molecular flexibility index (Phi) is 11.6. The van der Waals surface area contributed by atoms with E-state index >= 15 is 0 Å². The van der Waals surface area contributed by atoms with Crippen molar-refractivity contribution >= 4 is 35.6 Å². The van der Waals surface area contributed by atoms with E-state index in [9.17, 15) is 0 Å². The van der Waals surface area contributed by atoms with Crippen LogP contribution in [0.15, 0.2) is 65.7 Å². The second-order valence-electron chi connectivity index (χ2n) is 7.59. The largest absolute Gasteiger partial charge is 0.385 e. The zero-order valence-corrected chi connectivity index (χ0v) is 20.3. The molecule has 1 saturated heterocycles. The third-order valence-corrected chi connectivity index (χ3v) is 5.23. The average Bonchev–Trinajstić information content (AvgIpc) is 2.76. The number of nitrogens with zero attached hydrogens (tertiary/aromatic N) is 2. The van der Waals surface area contributed by atoms with Crippen LogP contribution in [-0.2, 0) is 6.54 Å². The van der Waals surface area contributed by atoms with Crippen LogP contribution in [0, 0.1) is 0 Å². The number of piperidine rings is 1. The zero-order valence-electron chi connectivity index (χ0n) is 18.0. The van der Waals surface area contributed by atoms with Crippen molar-refractivity contribution in [2.45, 2.75) is 38.8 Å². The van der Waals surface area contributed by atoms with E-state index in [-0.39, 0.29) is 24.0 Å². The number of hydrogen-bond acceptors (Lipinski definition) is 3. The highest BCUT2D eigenvalue weighted by Gasteiger charge is 2.19. The molecule has 2 aromatic rings. The van der Waals surface area contributed by atoms with E-state index < -0.39 is 0 Å². The molecule has 0 spiro atoms. The van der Waals surface area contributed by atoms with E-state index in [1.807, 2.05) is 6.07 Å². The molecule has 1 aliphatic heterocycles. The zero-order chi connectivity index (χ0) is 20.2. The van der Waals surface area contributed by atoms with E-state index in [4.69, 9.17) is 4.99 Å². The van der Waals surface area contributed by atoms with Crippen LogP contribution in [0.4, 0.5) is 5.69 Å². The van der Waals surface area contributed by atoms with Crippen LogP contribution >= 0.6 is 24.0 Å². The smallest absolute Gasteiger partial charge is 0.191 e. The third-order valence-electron chi connectivity index (χ3n) is 5.23. The molecule has 6 heteroatoms. The summed E-state index contributed by atoms with van der Waals surface area (Å²) in [6.45, 7) is 8.08. The number of rotatable bonds is 9. The standard InChI is InChI=1S/C24H35N5.HI/c1-2-25-24(27-17-9-16-26-22-12-7-4-8-13-22)28-23-14-18-29(19-15-23)20-21-10-5-3-6-11-21;/h3-8,10-13,23,26H,2,9,14-20H2,1H3,(H2,25,27,28);1H. The summed E-state index contributed by atoms with van der Waals surface area (Å²) in [5.74, 6) is 0.953. The summed E-state index contributed by atoms with van der Waals surface area (Å²) in [6, 6.07) is 21.6. The molecule has 0 radical (unpaired) electrons. The third kappa shape index (κ3) is 8.92. The normalized spacial score (nSPS) is 15.3. The van der Waals surface area contributed by atoms with Gasteiger partial charge in [0.15, 0.2) is 5.96 Å². The van der Waals surface area contributed by atoms with Crippen LogP contribution in [0.3, 0.4) is 0 Å². The molecule has 0 amide bonds. The van der Waals surface area contributed by atoms with Gasteiger partial charge in [-0.05, 0) is 43.9 Å². The molecule has 1 fully saturated rings. The predicted molar refractivity (Wildman–Crippen MR) is 139 cm³/mol. The lowest BCUT2D eigenvalue weighted by molar-refractivity contribution is 0.198. The molecule has 1 aliphatic rings. The lowest BCUT2D eigenvalue weighted by atomic mass is 10.0. The van der Waals surface area contributed by atoms with Crippen molar-refractivity contribution in [1.29, 1.82) is 0 Å². The molecule has 30 heavy (non-hydrogen) atoms. The highest BCUT2D eigenvalue weighted by atomic mass is 127. The van der Waals surface area contributed by atoms with Gasteiger partial charge in [-0.15, -0.1) is 24.0 Å². The van der Waals surface area contributed by atoms with Crippen LogP contribution in [0.2, 0.25) is 0 Å². The van der Waals surface area contributed by atoms with Gasteiger partial charge in [0.05, 0.1) is 0 Å². The number of guanidine groups is 1. The quantitative estimate of drug-likeness (QED) is 0.199. The van der Waals surface area contributed by atoms with Gasteiger partial charge in [0.1, 0.15) is 0 Å². The Hall–Kier alpha value is -1.80. The fourth-order valence-electron chi connectivity index (χ4n) is 3.65. The van der Waals surface area contributed by atoms with Gasteiger partial charge in [0.2, 0.25) is 0 Å². The second kappa shape index (κ2) is 14.2. The van der Waals surface area contributed by atoms with Crippen LogP contribution in [0.5, 0.6) is 0 Å². The molecule has 0 bridgehead atoms. The number of nitrogens with one attached hydrogen (secondary N) is 3. The minimum absolute atomic E-state index is 0. The van der Waals surface area contributed by atoms with Crippen molar-refractivity contribution in [3.05, 3.63) is 66.2 Å². The predicted octanol–water partition coefficient (Wildman–Crippen LogP) is 4.33. The molecule has 0 aliphatic carbocycles. The molecule has 3 N–H and O–H groups in total. The molecule has 0 atom stereocenters. The Bertz CT molecular complexity index is 715. The van der Waals surface area contributed by atoms with Gasteiger partial charge < -0.3 is 16.0 Å². The molecule has 3 rings (SSSR count). The summed E-state index contributed by atoms with van der Waals surface area (Å²) in [5.41, 5.74) is 2.57. The summed E-state index contributed by atoms with van der Waals surface area (Å²) < 4.78 is 0. The highest BCUT2D eigenvalue weighted by molar-refractivity contribution is 14.0. The van der Waals surface area contributed by atoms with Crippen molar-refractivity contribution in [3.63, 3.8) is 0 Å². The van der Waals surface area contributed by atoms with E-state index in [1.54, 1.807) is 0 Å². The highest BCUT2D eigenvalue weighted by Crippen LogP contribution is 2.13. The minimum atomic E-state index is 0. The first kappa shape index (κ1) is 24.5. The molecule has 0 unspecified atom stereocenters. The van der Waals surface area contributed by atoms with E-state index in [0.717, 1.165) is 64.5 Å². The number of para-hydroxylation sites is 1. The molecule has 5 nitrogen and oxygen atoms in total. The van der Waals surface area contributed by atoms with Crippen LogP contribution in [-0.4, -0.2) is 49.6 Å². The molecule has 2 aromatic carbocycles. The molecule has 0 aromatic heterocycles. The summed E-state index contributed by atoms with van der Waals surface area (Å²) in [6.07, 6.45) is 3.33. The first-order valence-corrected chi connectivity index (χ1v) is 10.9. The first-order chi connectivity index (χ1) is 14.3. The summed E-state index contributed by atoms with van der Waals surface area (Å²) in [7, 11) is 0. The fourth-order valence-corrected chi connectivity index (χ4v) is 3.65. The van der Waals surface area contributed by atoms with Crippen molar-refractivity contribution in [1.82, 2.24) is 15.5 Å². The maximum Gasteiger partial charge on any atom is 0.191 e. The Morgan fingerprint density at radius 3 is 2.33 bits per heavy atom. The van der Waals surface area contributed by atoms with Crippen molar-refractivity contribution in [2.24, 2.45) is 4.99 Å². The second-order valence-corrected chi connectivity index (χ2v) is 7.59. The number of anilines is 1. The van der Waals surface area contributed by atoms with Gasteiger partial charge in [0.25, 0.3) is 0 Å².